The fourth-order valence-corrected chi connectivity index (χ4v) is 3.72. The van der Waals surface area contributed by atoms with Crippen LogP contribution < -0.4 is 0 Å². The molecule has 0 N–H and O–H groups in total. The van der Waals surface area contributed by atoms with Gasteiger partial charge in [0, 0.05) is 12.0 Å². The van der Waals surface area contributed by atoms with E-state index in [1.54, 1.807) is 0 Å². The Labute approximate surface area is 121 Å². The van der Waals surface area contributed by atoms with Gasteiger partial charge in [0.15, 0.2) is 5.78 Å². The van der Waals surface area contributed by atoms with Crippen molar-refractivity contribution in [2.24, 2.45) is 0 Å². The molecule has 1 aliphatic carbocycles. The Morgan fingerprint density at radius 1 is 1.10 bits per heavy atom. The maximum atomic E-state index is 12.1. The molecule has 1 saturated carbocycles. The largest absolute Gasteiger partial charge is 0.372 e. The van der Waals surface area contributed by atoms with E-state index in [1.165, 1.54) is 38.5 Å². The zero-order valence-electron chi connectivity index (χ0n) is 12.1. The third-order valence-corrected chi connectivity index (χ3v) is 4.89. The molecule has 2 aliphatic rings. The second-order valence-corrected chi connectivity index (χ2v) is 6.35. The summed E-state index contributed by atoms with van der Waals surface area (Å²) in [6, 6.07) is 9.61. The highest BCUT2D eigenvalue weighted by Crippen LogP contribution is 2.42. The molecular weight excluding hydrogens is 248 g/mol. The molecule has 1 aromatic rings. The van der Waals surface area contributed by atoms with Crippen LogP contribution in [0.1, 0.15) is 68.1 Å². The monoisotopic (exact) mass is 272 g/mol. The van der Waals surface area contributed by atoms with Crippen molar-refractivity contribution < 1.29 is 9.53 Å². The Morgan fingerprint density at radius 3 is 2.60 bits per heavy atom. The van der Waals surface area contributed by atoms with Crippen LogP contribution in [0.5, 0.6) is 0 Å². The summed E-state index contributed by atoms with van der Waals surface area (Å²) in [4.78, 5) is 12.1. The molecule has 1 aliphatic heterocycles. The first-order chi connectivity index (χ1) is 9.77. The molecule has 0 bridgehead atoms. The number of hydrogen-bond acceptors (Lipinski definition) is 2. The van der Waals surface area contributed by atoms with Gasteiger partial charge < -0.3 is 4.74 Å². The first kappa shape index (κ1) is 13.8. The van der Waals surface area contributed by atoms with E-state index in [1.807, 2.05) is 30.3 Å². The van der Waals surface area contributed by atoms with Crippen LogP contribution in [-0.2, 0) is 4.74 Å². The van der Waals surface area contributed by atoms with Gasteiger partial charge in [-0.3, -0.25) is 4.79 Å². The van der Waals surface area contributed by atoms with Crippen molar-refractivity contribution in [1.29, 1.82) is 0 Å². The van der Waals surface area contributed by atoms with Crippen molar-refractivity contribution in [2.75, 3.05) is 0 Å². The Balaban J connectivity index is 1.49. The van der Waals surface area contributed by atoms with E-state index < -0.39 is 0 Å². The summed E-state index contributed by atoms with van der Waals surface area (Å²) in [5.74, 6) is 0.249. The molecule has 1 spiro atoms. The van der Waals surface area contributed by atoms with Gasteiger partial charge in [0.2, 0.25) is 0 Å². The van der Waals surface area contributed by atoms with Crippen LogP contribution in [0.3, 0.4) is 0 Å². The lowest BCUT2D eigenvalue weighted by molar-refractivity contribution is -0.0654. The zero-order valence-corrected chi connectivity index (χ0v) is 12.1. The van der Waals surface area contributed by atoms with Crippen LogP contribution in [-0.4, -0.2) is 17.5 Å². The van der Waals surface area contributed by atoms with Gasteiger partial charge in [-0.05, 0) is 32.1 Å². The second kappa shape index (κ2) is 6.09. The highest BCUT2D eigenvalue weighted by atomic mass is 16.5. The van der Waals surface area contributed by atoms with Crippen molar-refractivity contribution in [3.8, 4) is 0 Å². The summed E-state index contributed by atoms with van der Waals surface area (Å²) < 4.78 is 6.32. The number of carbonyl (C=O) groups excluding carboxylic acids is 1. The zero-order chi connectivity index (χ0) is 13.8. The smallest absolute Gasteiger partial charge is 0.162 e. The van der Waals surface area contributed by atoms with Crippen LogP contribution in [0.25, 0.3) is 0 Å². The van der Waals surface area contributed by atoms with Crippen molar-refractivity contribution in [3.63, 3.8) is 0 Å². The standard InChI is InChI=1S/C18H24O2/c19-17(15-7-3-1-4-8-15)10-9-16-11-14-18(20-16)12-5-2-6-13-18/h1,3-4,7-8,16H,2,5-6,9-14H2. The molecule has 2 fully saturated rings. The number of ether oxygens (including phenoxy) is 1. The summed E-state index contributed by atoms with van der Waals surface area (Å²) in [6.07, 6.45) is 10.6. The third-order valence-electron chi connectivity index (χ3n) is 4.89. The molecule has 0 aromatic heterocycles. The fourth-order valence-electron chi connectivity index (χ4n) is 3.72. The molecule has 1 aromatic carbocycles. The van der Waals surface area contributed by atoms with Crippen molar-refractivity contribution in [3.05, 3.63) is 35.9 Å². The summed E-state index contributed by atoms with van der Waals surface area (Å²) in [6.45, 7) is 0. The van der Waals surface area contributed by atoms with Crippen molar-refractivity contribution >= 4 is 5.78 Å². The lowest BCUT2D eigenvalue weighted by Crippen LogP contribution is -2.31. The average molecular weight is 272 g/mol. The Bertz CT molecular complexity index is 446. The fraction of sp³-hybridized carbons (Fsp3) is 0.611. The average Bonchev–Trinajstić information content (AvgIpc) is 2.89. The molecular formula is C18H24O2. The van der Waals surface area contributed by atoms with Gasteiger partial charge in [0.05, 0.1) is 11.7 Å². The van der Waals surface area contributed by atoms with Gasteiger partial charge in [-0.1, -0.05) is 49.6 Å². The molecule has 1 atom stereocenters. The van der Waals surface area contributed by atoms with Gasteiger partial charge in [0.1, 0.15) is 0 Å². The minimum atomic E-state index is 0.179. The number of rotatable bonds is 4. The summed E-state index contributed by atoms with van der Waals surface area (Å²) in [5.41, 5.74) is 1.01. The topological polar surface area (TPSA) is 26.3 Å². The molecule has 0 radical (unpaired) electrons. The third kappa shape index (κ3) is 3.12. The molecule has 0 amide bonds. The number of Topliss-reactive ketones (excluding diaryl/α,β-unsaturated/α-hetero) is 1. The maximum Gasteiger partial charge on any atom is 0.162 e. The maximum absolute atomic E-state index is 12.1. The molecule has 2 heteroatoms. The number of hydrogen-bond donors (Lipinski definition) is 0. The first-order valence-electron chi connectivity index (χ1n) is 8.04. The van der Waals surface area contributed by atoms with Crippen molar-refractivity contribution in [2.45, 2.75) is 69.5 Å². The van der Waals surface area contributed by atoms with Crippen molar-refractivity contribution in [1.82, 2.24) is 0 Å². The number of carbonyl (C=O) groups is 1. The molecule has 1 unspecified atom stereocenters. The molecule has 2 nitrogen and oxygen atoms in total. The lowest BCUT2D eigenvalue weighted by atomic mass is 9.83. The minimum absolute atomic E-state index is 0.179. The highest BCUT2D eigenvalue weighted by molar-refractivity contribution is 5.95. The predicted octanol–water partition coefficient (Wildman–Crippen LogP) is 4.53. The predicted molar refractivity (Wildman–Crippen MR) is 79.9 cm³/mol. The highest BCUT2D eigenvalue weighted by Gasteiger charge is 2.40. The summed E-state index contributed by atoms with van der Waals surface area (Å²) >= 11 is 0. The molecule has 108 valence electrons. The Kier molecular flexibility index (Phi) is 4.21. The first-order valence-corrected chi connectivity index (χ1v) is 8.04. The summed E-state index contributed by atoms with van der Waals surface area (Å²) in [5, 5.41) is 0. The van der Waals surface area contributed by atoms with Crippen LogP contribution in [0, 0.1) is 0 Å². The van der Waals surface area contributed by atoms with Crippen LogP contribution in [0.15, 0.2) is 30.3 Å². The molecule has 1 heterocycles. The van der Waals surface area contributed by atoms with E-state index in [0.717, 1.165) is 18.4 Å². The van der Waals surface area contributed by atoms with Gasteiger partial charge in [-0.15, -0.1) is 0 Å². The van der Waals surface area contributed by atoms with Gasteiger partial charge in [-0.25, -0.2) is 0 Å². The SMILES string of the molecule is O=C(CCC1CCC2(CCCCC2)O1)c1ccccc1. The van der Waals surface area contributed by atoms with E-state index in [2.05, 4.69) is 0 Å². The van der Waals surface area contributed by atoms with Gasteiger partial charge >= 0.3 is 0 Å². The number of ketones is 1. The minimum Gasteiger partial charge on any atom is -0.372 e. The second-order valence-electron chi connectivity index (χ2n) is 6.35. The van der Waals surface area contributed by atoms with Crippen LogP contribution in [0.2, 0.25) is 0 Å². The Hall–Kier alpha value is -1.15. The lowest BCUT2D eigenvalue weighted by Gasteiger charge is -2.33. The molecule has 20 heavy (non-hydrogen) atoms. The normalized spacial score (nSPS) is 24.9. The van der Waals surface area contributed by atoms with Crippen LogP contribution >= 0.6 is 0 Å². The van der Waals surface area contributed by atoms with Crippen LogP contribution in [0.4, 0.5) is 0 Å². The van der Waals surface area contributed by atoms with Gasteiger partial charge in [0.25, 0.3) is 0 Å². The quantitative estimate of drug-likeness (QED) is 0.753. The van der Waals surface area contributed by atoms with E-state index in [9.17, 15) is 4.79 Å². The van der Waals surface area contributed by atoms with E-state index in [4.69, 9.17) is 4.74 Å². The summed E-state index contributed by atoms with van der Waals surface area (Å²) in [7, 11) is 0. The number of benzene rings is 1. The van der Waals surface area contributed by atoms with E-state index in [-0.39, 0.29) is 11.4 Å². The van der Waals surface area contributed by atoms with E-state index >= 15 is 0 Å². The molecule has 3 rings (SSSR count). The van der Waals surface area contributed by atoms with E-state index in [0.29, 0.717) is 12.5 Å². The molecule has 1 saturated heterocycles. The Morgan fingerprint density at radius 2 is 1.85 bits per heavy atom. The van der Waals surface area contributed by atoms with Gasteiger partial charge in [-0.2, -0.15) is 0 Å².